The summed E-state index contributed by atoms with van der Waals surface area (Å²) in [6.07, 6.45) is 1.18. The van der Waals surface area contributed by atoms with Gasteiger partial charge in [0.1, 0.15) is 0 Å². The van der Waals surface area contributed by atoms with Crippen molar-refractivity contribution in [2.45, 2.75) is 66.3 Å². The van der Waals surface area contributed by atoms with Crippen LogP contribution in [-0.2, 0) is 0 Å². The van der Waals surface area contributed by atoms with E-state index in [-0.39, 0.29) is 11.1 Å². The fourth-order valence-corrected chi connectivity index (χ4v) is 3.10. The molecule has 0 aliphatic carbocycles. The van der Waals surface area contributed by atoms with Crippen molar-refractivity contribution >= 4 is 13.8 Å². The molecule has 86 valence electrons. The lowest BCUT2D eigenvalue weighted by molar-refractivity contribution is 0.269. The number of nitrogens with zero attached hydrogens (tertiary/aromatic N) is 2. The smallest absolute Gasteiger partial charge is 0.296 e. The molecule has 0 aromatic carbocycles. The lowest BCUT2D eigenvalue weighted by Gasteiger charge is -2.41. The van der Waals surface area contributed by atoms with Gasteiger partial charge in [0.15, 0.2) is 0 Å². The first kappa shape index (κ1) is 13.1. The van der Waals surface area contributed by atoms with Crippen LogP contribution in [0.3, 0.4) is 0 Å². The van der Waals surface area contributed by atoms with Gasteiger partial charge in [-0.3, -0.25) is 0 Å². The van der Waals surface area contributed by atoms with Crippen molar-refractivity contribution in [3.63, 3.8) is 0 Å². The zero-order valence-electron chi connectivity index (χ0n) is 11.8. The predicted molar refractivity (Wildman–Crippen MR) is 71.3 cm³/mol. The van der Waals surface area contributed by atoms with Gasteiger partial charge < -0.3 is 9.53 Å². The Labute approximate surface area is 96.6 Å². The molecule has 15 heavy (non-hydrogen) atoms. The van der Waals surface area contributed by atoms with E-state index in [9.17, 15) is 0 Å². The minimum atomic E-state index is 0.263. The van der Waals surface area contributed by atoms with E-state index in [0.717, 1.165) is 0 Å². The Morgan fingerprint density at radius 2 is 1.33 bits per heavy atom. The van der Waals surface area contributed by atoms with Gasteiger partial charge in [-0.2, -0.15) is 0 Å². The molecule has 1 heterocycles. The second kappa shape index (κ2) is 3.81. The molecule has 0 saturated carbocycles. The molecular weight excluding hydrogens is 182 g/mol. The van der Waals surface area contributed by atoms with Crippen LogP contribution in [0.25, 0.3) is 0 Å². The van der Waals surface area contributed by atoms with Gasteiger partial charge in [0.05, 0.1) is 0 Å². The Morgan fingerprint density at radius 3 is 1.53 bits per heavy atom. The highest BCUT2D eigenvalue weighted by molar-refractivity contribution is 6.74. The quantitative estimate of drug-likeness (QED) is 0.564. The van der Waals surface area contributed by atoms with Crippen molar-refractivity contribution in [3.8, 4) is 0 Å². The molecule has 2 nitrogen and oxygen atoms in total. The molecule has 0 bridgehead atoms. The summed E-state index contributed by atoms with van der Waals surface area (Å²) in [5.41, 5.74) is 0.534. The Morgan fingerprint density at radius 1 is 0.867 bits per heavy atom. The van der Waals surface area contributed by atoms with Crippen LogP contribution in [0.5, 0.6) is 0 Å². The molecule has 1 saturated heterocycles. The summed E-state index contributed by atoms with van der Waals surface area (Å²) in [6.45, 7) is 19.7. The van der Waals surface area contributed by atoms with E-state index in [2.05, 4.69) is 64.7 Å². The maximum Gasteiger partial charge on any atom is 0.296 e. The van der Waals surface area contributed by atoms with Gasteiger partial charge in [-0.15, -0.1) is 0 Å². The topological polar surface area (TPSA) is 6.48 Å². The molecule has 0 aromatic rings. The van der Waals surface area contributed by atoms with Crippen molar-refractivity contribution < 1.29 is 0 Å². The fraction of sp³-hybridized carbons (Fsp3) is 1.00. The molecule has 1 aliphatic rings. The first-order valence-corrected chi connectivity index (χ1v) is 6.10. The molecule has 0 atom stereocenters. The highest BCUT2D eigenvalue weighted by atomic mass is 15.3. The van der Waals surface area contributed by atoms with Crippen LogP contribution >= 0.6 is 0 Å². The summed E-state index contributed by atoms with van der Waals surface area (Å²) in [5.74, 6) is 0. The maximum atomic E-state index is 2.62. The second-order valence-electron chi connectivity index (χ2n) is 6.88. The van der Waals surface area contributed by atoms with Crippen molar-refractivity contribution in [2.75, 3.05) is 6.44 Å². The first-order valence-electron chi connectivity index (χ1n) is 6.10. The van der Waals surface area contributed by atoms with E-state index in [0.29, 0.717) is 13.8 Å². The van der Waals surface area contributed by atoms with E-state index in [1.165, 1.54) is 6.44 Å². The average Bonchev–Trinajstić information content (AvgIpc) is 2.22. The first-order chi connectivity index (χ1) is 6.55. The molecular formula is C11H26B2N2. The fourth-order valence-electron chi connectivity index (χ4n) is 3.10. The highest BCUT2D eigenvalue weighted by Gasteiger charge is 2.47. The van der Waals surface area contributed by atoms with Gasteiger partial charge in [0.25, 0.3) is 6.98 Å². The van der Waals surface area contributed by atoms with E-state index in [1.54, 1.807) is 0 Å². The number of hydrogen-bond acceptors (Lipinski definition) is 2. The third-order valence-corrected chi connectivity index (χ3v) is 3.43. The van der Waals surface area contributed by atoms with Crippen molar-refractivity contribution in [2.24, 2.45) is 0 Å². The Balaban J connectivity index is 2.89. The summed E-state index contributed by atoms with van der Waals surface area (Å²) in [4.78, 5) is 2.60. The Bertz CT molecular complexity index is 230. The summed E-state index contributed by atoms with van der Waals surface area (Å²) in [5, 5.41) is 0. The molecule has 0 unspecified atom stereocenters. The lowest BCUT2D eigenvalue weighted by Crippen LogP contribution is -2.56. The van der Waals surface area contributed by atoms with Crippen molar-refractivity contribution in [1.29, 1.82) is 0 Å². The zero-order chi connectivity index (χ0) is 12.0. The Kier molecular flexibility index (Phi) is 3.33. The zero-order valence-corrected chi connectivity index (χ0v) is 11.8. The molecule has 0 spiro atoms. The van der Waals surface area contributed by atoms with Crippen LogP contribution < -0.4 is 0 Å². The van der Waals surface area contributed by atoms with Crippen LogP contribution in [0.4, 0.5) is 0 Å². The van der Waals surface area contributed by atoms with E-state index in [1.807, 2.05) is 0 Å². The summed E-state index contributed by atoms with van der Waals surface area (Å²) in [6, 6.07) is 0. The molecule has 0 amide bonds. The summed E-state index contributed by atoms with van der Waals surface area (Å²) >= 11 is 0. The predicted octanol–water partition coefficient (Wildman–Crippen LogP) is 2.48. The van der Waals surface area contributed by atoms with Gasteiger partial charge >= 0.3 is 0 Å². The minimum Gasteiger partial charge on any atom is -0.365 e. The largest absolute Gasteiger partial charge is 0.365 e. The molecule has 4 heteroatoms. The van der Waals surface area contributed by atoms with Crippen LogP contribution in [0.1, 0.15) is 41.5 Å². The van der Waals surface area contributed by atoms with Gasteiger partial charge in [0, 0.05) is 5.54 Å². The van der Waals surface area contributed by atoms with E-state index < -0.39 is 0 Å². The highest BCUT2D eigenvalue weighted by Crippen LogP contribution is 2.29. The number of rotatable bonds is 0. The van der Waals surface area contributed by atoms with Crippen molar-refractivity contribution in [1.82, 2.24) is 9.53 Å². The number of hydrogen-bond donors (Lipinski definition) is 0. The van der Waals surface area contributed by atoms with Crippen molar-refractivity contribution in [3.05, 3.63) is 0 Å². The molecule has 1 fully saturated rings. The molecule has 1 aliphatic heterocycles. The van der Waals surface area contributed by atoms with Crippen LogP contribution in [0.2, 0.25) is 13.6 Å². The Hall–Kier alpha value is 0.0499. The second-order valence-corrected chi connectivity index (χ2v) is 6.88. The molecule has 0 radical (unpaired) electrons. The van der Waals surface area contributed by atoms with Crippen LogP contribution in [0.15, 0.2) is 0 Å². The minimum absolute atomic E-state index is 0.263. The maximum absolute atomic E-state index is 2.62. The average molecular weight is 208 g/mol. The van der Waals surface area contributed by atoms with E-state index >= 15 is 0 Å². The third kappa shape index (κ3) is 2.59. The van der Waals surface area contributed by atoms with Gasteiger partial charge in [0.2, 0.25) is 6.85 Å². The lowest BCUT2D eigenvalue weighted by atomic mass is 9.57. The van der Waals surface area contributed by atoms with Gasteiger partial charge in [-0.25, -0.2) is 0 Å². The monoisotopic (exact) mass is 208 g/mol. The van der Waals surface area contributed by atoms with Gasteiger partial charge in [-0.05, 0) is 53.5 Å². The summed E-state index contributed by atoms with van der Waals surface area (Å²) < 4.78 is 2.62. The van der Waals surface area contributed by atoms with Crippen LogP contribution in [0, 0.1) is 0 Å². The molecule has 0 aromatic heterocycles. The standard InChI is InChI=1S/C11H26B2N2/c1-10(2,3)14-9-12(7)15(13(14)8)11(4,5)6/h9H2,1-8H3. The SMILES string of the molecule is CB1CN(C(C)(C)C)B(C)N1C(C)(C)C. The normalized spacial score (nSPS) is 21.6. The molecule has 0 N–H and O–H groups in total. The van der Waals surface area contributed by atoms with Gasteiger partial charge in [-0.1, -0.05) is 13.6 Å². The van der Waals surface area contributed by atoms with E-state index in [4.69, 9.17) is 0 Å². The third-order valence-electron chi connectivity index (χ3n) is 3.43. The molecule has 1 rings (SSSR count). The van der Waals surface area contributed by atoms with Crippen LogP contribution in [-0.4, -0.2) is 40.9 Å². The summed E-state index contributed by atoms with van der Waals surface area (Å²) in [7, 11) is 0.